The van der Waals surface area contributed by atoms with Crippen molar-refractivity contribution in [3.8, 4) is 5.75 Å². The zero-order valence-electron chi connectivity index (χ0n) is 14.1. The van der Waals surface area contributed by atoms with Crippen molar-refractivity contribution in [1.82, 2.24) is 10.6 Å². The Morgan fingerprint density at radius 2 is 1.68 bits per heavy atom. The van der Waals surface area contributed by atoms with Gasteiger partial charge in [-0.15, -0.1) is 0 Å². The van der Waals surface area contributed by atoms with Crippen molar-refractivity contribution in [3.05, 3.63) is 29.8 Å². The van der Waals surface area contributed by atoms with E-state index in [1.165, 1.54) is 19.1 Å². The van der Waals surface area contributed by atoms with Gasteiger partial charge in [0.25, 0.3) is 0 Å². The number of ether oxygens (including phenoxy) is 1. The summed E-state index contributed by atoms with van der Waals surface area (Å²) in [5.41, 5.74) is -0.730. The summed E-state index contributed by atoms with van der Waals surface area (Å²) >= 11 is 0. The van der Waals surface area contributed by atoms with E-state index in [1.54, 1.807) is 0 Å². The van der Waals surface area contributed by atoms with Crippen molar-refractivity contribution in [1.29, 1.82) is 0 Å². The maximum atomic E-state index is 12.4. The lowest BCUT2D eigenvalue weighted by Crippen LogP contribution is -2.27. The molecule has 1 rings (SSSR count). The number of hydrogen-bond donors (Lipinski definition) is 2. The van der Waals surface area contributed by atoms with Crippen LogP contribution < -0.4 is 15.4 Å². The number of hydrogen-bond acceptors (Lipinski definition) is 3. The fraction of sp³-hybridized carbons (Fsp3) is 0.529. The number of unbranched alkanes of at least 4 members (excludes halogenated alkanes) is 2. The van der Waals surface area contributed by atoms with Crippen LogP contribution in [-0.2, 0) is 15.8 Å². The number of carbonyl (C=O) groups is 2. The molecule has 0 saturated heterocycles. The summed E-state index contributed by atoms with van der Waals surface area (Å²) in [6.07, 6.45) is -1.58. The van der Waals surface area contributed by atoms with Gasteiger partial charge in [0.15, 0.2) is 0 Å². The molecule has 0 fully saturated rings. The van der Waals surface area contributed by atoms with Gasteiger partial charge in [0.1, 0.15) is 12.4 Å². The third-order valence-corrected chi connectivity index (χ3v) is 3.33. The van der Waals surface area contributed by atoms with Crippen LogP contribution in [0.5, 0.6) is 5.75 Å². The lowest BCUT2D eigenvalue weighted by atomic mass is 10.2. The highest BCUT2D eigenvalue weighted by molar-refractivity contribution is 5.75. The van der Waals surface area contributed by atoms with Crippen molar-refractivity contribution in [2.75, 3.05) is 19.7 Å². The molecule has 0 spiro atoms. The second kappa shape index (κ2) is 10.6. The Kier molecular flexibility index (Phi) is 8.80. The molecule has 5 nitrogen and oxygen atoms in total. The first-order valence-corrected chi connectivity index (χ1v) is 8.10. The fourth-order valence-corrected chi connectivity index (χ4v) is 2.04. The van der Waals surface area contributed by atoms with Gasteiger partial charge in [-0.1, -0.05) is 6.42 Å². The summed E-state index contributed by atoms with van der Waals surface area (Å²) in [6, 6.07) is 4.41. The van der Waals surface area contributed by atoms with Crippen LogP contribution in [-0.4, -0.2) is 31.5 Å². The lowest BCUT2D eigenvalue weighted by molar-refractivity contribution is -0.137. The largest absolute Gasteiger partial charge is 0.492 e. The Morgan fingerprint density at radius 1 is 1.00 bits per heavy atom. The van der Waals surface area contributed by atoms with Crippen LogP contribution >= 0.6 is 0 Å². The van der Waals surface area contributed by atoms with E-state index in [0.29, 0.717) is 18.7 Å². The molecule has 0 saturated carbocycles. The normalized spacial score (nSPS) is 11.0. The average Bonchev–Trinajstić information content (AvgIpc) is 2.54. The van der Waals surface area contributed by atoms with Crippen molar-refractivity contribution in [2.24, 2.45) is 0 Å². The Labute approximate surface area is 144 Å². The predicted octanol–water partition coefficient (Wildman–Crippen LogP) is 2.90. The van der Waals surface area contributed by atoms with E-state index in [0.717, 1.165) is 31.4 Å². The molecule has 1 aromatic carbocycles. The quantitative estimate of drug-likeness (QED) is 0.631. The minimum absolute atomic E-state index is 0.0641. The molecular formula is C17H23F3N2O3. The molecule has 0 unspecified atom stereocenters. The maximum absolute atomic E-state index is 12.4. The van der Waals surface area contributed by atoms with E-state index in [2.05, 4.69) is 10.6 Å². The molecule has 2 N–H and O–H groups in total. The molecule has 0 aliphatic carbocycles. The van der Waals surface area contributed by atoms with Gasteiger partial charge < -0.3 is 15.4 Å². The highest BCUT2D eigenvalue weighted by atomic mass is 19.4. The average molecular weight is 360 g/mol. The van der Waals surface area contributed by atoms with Crippen LogP contribution in [0.4, 0.5) is 13.2 Å². The van der Waals surface area contributed by atoms with E-state index in [-0.39, 0.29) is 25.0 Å². The van der Waals surface area contributed by atoms with Crippen LogP contribution in [0.1, 0.15) is 38.2 Å². The Hall–Kier alpha value is -2.25. The smallest absolute Gasteiger partial charge is 0.416 e. The molecule has 8 heteroatoms. The number of rotatable bonds is 10. The van der Waals surface area contributed by atoms with Gasteiger partial charge in [0.2, 0.25) is 11.8 Å². The minimum atomic E-state index is -4.37. The number of carbonyl (C=O) groups excluding carboxylic acids is 2. The summed E-state index contributed by atoms with van der Waals surface area (Å²) in [6.45, 7) is 2.53. The van der Waals surface area contributed by atoms with Crippen LogP contribution in [0.25, 0.3) is 0 Å². The Morgan fingerprint density at radius 3 is 2.28 bits per heavy atom. The second-order valence-electron chi connectivity index (χ2n) is 5.51. The first kappa shape index (κ1) is 20.8. The highest BCUT2D eigenvalue weighted by Crippen LogP contribution is 2.30. The zero-order valence-corrected chi connectivity index (χ0v) is 14.1. The number of alkyl halides is 3. The van der Waals surface area contributed by atoms with Gasteiger partial charge in [-0.25, -0.2) is 0 Å². The second-order valence-corrected chi connectivity index (χ2v) is 5.51. The first-order valence-electron chi connectivity index (χ1n) is 8.10. The van der Waals surface area contributed by atoms with Crippen molar-refractivity contribution in [2.45, 2.75) is 38.8 Å². The number of amides is 2. The standard InChI is InChI=1S/C17H23F3N2O3/c1-13(23)21-10-4-2-3-5-16(24)22-11-12-25-15-8-6-14(7-9-15)17(18,19)20/h6-9H,2-5,10-12H2,1H3,(H,21,23)(H,22,24). The minimum Gasteiger partial charge on any atom is -0.492 e. The van der Waals surface area contributed by atoms with Gasteiger partial charge in [-0.2, -0.15) is 13.2 Å². The van der Waals surface area contributed by atoms with Crippen molar-refractivity contribution in [3.63, 3.8) is 0 Å². The van der Waals surface area contributed by atoms with Crippen LogP contribution in [0.2, 0.25) is 0 Å². The Balaban J connectivity index is 2.09. The molecule has 25 heavy (non-hydrogen) atoms. The summed E-state index contributed by atoms with van der Waals surface area (Å²) < 4.78 is 42.5. The maximum Gasteiger partial charge on any atom is 0.416 e. The van der Waals surface area contributed by atoms with Crippen LogP contribution in [0.3, 0.4) is 0 Å². The van der Waals surface area contributed by atoms with Gasteiger partial charge in [-0.05, 0) is 37.1 Å². The molecule has 0 aliphatic rings. The molecule has 0 radical (unpaired) electrons. The summed E-state index contributed by atoms with van der Waals surface area (Å²) in [7, 11) is 0. The van der Waals surface area contributed by atoms with Crippen LogP contribution in [0.15, 0.2) is 24.3 Å². The first-order chi connectivity index (χ1) is 11.8. The molecular weight excluding hydrogens is 337 g/mol. The van der Waals surface area contributed by atoms with E-state index < -0.39 is 11.7 Å². The molecule has 2 amide bonds. The van der Waals surface area contributed by atoms with E-state index >= 15 is 0 Å². The molecule has 0 aliphatic heterocycles. The summed E-state index contributed by atoms with van der Waals surface area (Å²) in [4.78, 5) is 22.2. The van der Waals surface area contributed by atoms with Gasteiger partial charge in [-0.3, -0.25) is 9.59 Å². The molecule has 0 aromatic heterocycles. The van der Waals surface area contributed by atoms with Gasteiger partial charge in [0.05, 0.1) is 12.1 Å². The van der Waals surface area contributed by atoms with E-state index in [4.69, 9.17) is 4.74 Å². The van der Waals surface area contributed by atoms with Gasteiger partial charge >= 0.3 is 6.18 Å². The SMILES string of the molecule is CC(=O)NCCCCCC(=O)NCCOc1ccc(C(F)(F)F)cc1. The number of halogens is 3. The highest BCUT2D eigenvalue weighted by Gasteiger charge is 2.29. The monoisotopic (exact) mass is 360 g/mol. The molecule has 0 bridgehead atoms. The summed E-state index contributed by atoms with van der Waals surface area (Å²) in [5, 5.41) is 5.37. The molecule has 0 atom stereocenters. The lowest BCUT2D eigenvalue weighted by Gasteiger charge is -2.10. The molecule has 0 heterocycles. The number of benzene rings is 1. The van der Waals surface area contributed by atoms with E-state index in [1.807, 2.05) is 0 Å². The van der Waals surface area contributed by atoms with Crippen molar-refractivity contribution < 1.29 is 27.5 Å². The third kappa shape index (κ3) is 9.59. The topological polar surface area (TPSA) is 67.4 Å². The summed E-state index contributed by atoms with van der Waals surface area (Å²) in [5.74, 6) is 0.154. The van der Waals surface area contributed by atoms with E-state index in [9.17, 15) is 22.8 Å². The van der Waals surface area contributed by atoms with Crippen molar-refractivity contribution >= 4 is 11.8 Å². The molecule has 140 valence electrons. The third-order valence-electron chi connectivity index (χ3n) is 3.33. The fourth-order valence-electron chi connectivity index (χ4n) is 2.04. The van der Waals surface area contributed by atoms with Crippen LogP contribution in [0, 0.1) is 0 Å². The Bertz CT molecular complexity index is 545. The number of nitrogens with one attached hydrogen (secondary N) is 2. The zero-order chi connectivity index (χ0) is 18.7. The predicted molar refractivity (Wildman–Crippen MR) is 87.1 cm³/mol. The van der Waals surface area contributed by atoms with Gasteiger partial charge in [0, 0.05) is 19.9 Å². The molecule has 1 aromatic rings.